The first-order valence-corrected chi connectivity index (χ1v) is 10.2. The number of hydrogen-bond donors (Lipinski definition) is 0. The first-order chi connectivity index (χ1) is 12.5. The molecule has 3 aromatic rings. The van der Waals surface area contributed by atoms with Crippen LogP contribution in [0.4, 0.5) is 0 Å². The summed E-state index contributed by atoms with van der Waals surface area (Å²) in [6.45, 7) is 0.449. The molecular formula is C19H17N3O3S. The number of benzene rings is 1. The molecule has 7 heteroatoms. The van der Waals surface area contributed by atoms with Gasteiger partial charge in [-0.3, -0.25) is 9.78 Å². The summed E-state index contributed by atoms with van der Waals surface area (Å²) in [4.78, 5) is 23.4. The van der Waals surface area contributed by atoms with Crippen molar-refractivity contribution >= 4 is 26.6 Å². The largest absolute Gasteiger partial charge is 0.337 e. The summed E-state index contributed by atoms with van der Waals surface area (Å²) < 4.78 is 23.3. The molecule has 1 saturated heterocycles. The Morgan fingerprint density at radius 1 is 1.00 bits per heavy atom. The molecular weight excluding hydrogens is 350 g/mol. The molecule has 6 nitrogen and oxygen atoms in total. The Morgan fingerprint density at radius 2 is 1.69 bits per heavy atom. The van der Waals surface area contributed by atoms with Gasteiger partial charge in [-0.2, -0.15) is 0 Å². The van der Waals surface area contributed by atoms with Crippen molar-refractivity contribution in [2.24, 2.45) is 0 Å². The van der Waals surface area contributed by atoms with Crippen LogP contribution in [0.1, 0.15) is 10.4 Å². The van der Waals surface area contributed by atoms with Gasteiger partial charge >= 0.3 is 0 Å². The lowest BCUT2D eigenvalue weighted by molar-refractivity contribution is 0.0772. The molecule has 2 aromatic heterocycles. The van der Waals surface area contributed by atoms with E-state index in [1.165, 1.54) is 0 Å². The number of aromatic nitrogens is 2. The molecule has 0 bridgehead atoms. The molecule has 132 valence electrons. The molecule has 1 aliphatic heterocycles. The van der Waals surface area contributed by atoms with E-state index in [9.17, 15) is 13.2 Å². The number of hydrogen-bond acceptors (Lipinski definition) is 5. The van der Waals surface area contributed by atoms with Crippen molar-refractivity contribution in [3.05, 3.63) is 60.4 Å². The molecule has 1 fully saturated rings. The maximum Gasteiger partial charge on any atom is 0.254 e. The van der Waals surface area contributed by atoms with Crippen molar-refractivity contribution < 1.29 is 13.2 Å². The topological polar surface area (TPSA) is 80.2 Å². The fourth-order valence-corrected chi connectivity index (χ4v) is 4.31. The standard InChI is InChI=1S/C19H17N3O3S/c23-19(22-9-11-26(24,25)12-10-22)16-13-18(14-5-7-20-8-6-14)21-17-4-2-1-3-15(16)17/h1-8,13H,9-12H2. The highest BCUT2D eigenvalue weighted by Gasteiger charge is 2.27. The lowest BCUT2D eigenvalue weighted by atomic mass is 10.0. The first kappa shape index (κ1) is 16.7. The number of carbonyl (C=O) groups excluding carboxylic acids is 1. The van der Waals surface area contributed by atoms with Crippen LogP contribution in [-0.4, -0.2) is 53.8 Å². The Bertz CT molecular complexity index is 1070. The highest BCUT2D eigenvalue weighted by Crippen LogP contribution is 2.26. The second kappa shape index (κ2) is 6.49. The van der Waals surface area contributed by atoms with E-state index in [4.69, 9.17) is 0 Å². The van der Waals surface area contributed by atoms with Gasteiger partial charge < -0.3 is 4.90 Å². The average molecular weight is 367 g/mol. The maximum absolute atomic E-state index is 13.1. The Labute approximate surface area is 151 Å². The molecule has 3 heterocycles. The highest BCUT2D eigenvalue weighted by molar-refractivity contribution is 7.91. The molecule has 0 unspecified atom stereocenters. The van der Waals surface area contributed by atoms with Crippen LogP contribution in [0.2, 0.25) is 0 Å². The predicted molar refractivity (Wildman–Crippen MR) is 99.5 cm³/mol. The Balaban J connectivity index is 1.79. The number of para-hydroxylation sites is 1. The van der Waals surface area contributed by atoms with Crippen LogP contribution in [0.25, 0.3) is 22.2 Å². The number of fused-ring (bicyclic) bond motifs is 1. The lowest BCUT2D eigenvalue weighted by Crippen LogP contribution is -2.43. The van der Waals surface area contributed by atoms with Crippen molar-refractivity contribution in [2.45, 2.75) is 0 Å². The zero-order chi connectivity index (χ0) is 18.1. The van der Waals surface area contributed by atoms with Crippen LogP contribution in [0, 0.1) is 0 Å². The van der Waals surface area contributed by atoms with Crippen molar-refractivity contribution in [1.29, 1.82) is 0 Å². The third-order valence-corrected chi connectivity index (χ3v) is 6.16. The number of pyridine rings is 2. The second-order valence-corrected chi connectivity index (χ2v) is 8.56. The number of sulfone groups is 1. The third-order valence-electron chi connectivity index (χ3n) is 4.55. The van der Waals surface area contributed by atoms with Gasteiger partial charge in [-0.05, 0) is 24.3 Å². The second-order valence-electron chi connectivity index (χ2n) is 6.25. The van der Waals surface area contributed by atoms with E-state index in [0.29, 0.717) is 11.3 Å². The van der Waals surface area contributed by atoms with Gasteiger partial charge in [0, 0.05) is 36.4 Å². The van der Waals surface area contributed by atoms with E-state index in [0.717, 1.165) is 16.5 Å². The molecule has 0 saturated carbocycles. The number of rotatable bonds is 2. The van der Waals surface area contributed by atoms with Gasteiger partial charge in [0.15, 0.2) is 9.84 Å². The summed E-state index contributed by atoms with van der Waals surface area (Å²) in [6, 6.07) is 13.0. The average Bonchev–Trinajstić information content (AvgIpc) is 2.67. The normalized spacial score (nSPS) is 16.5. The molecule has 1 amide bonds. The molecule has 1 aliphatic rings. The van der Waals surface area contributed by atoms with Gasteiger partial charge in [0.1, 0.15) is 0 Å². The zero-order valence-electron chi connectivity index (χ0n) is 14.0. The minimum absolute atomic E-state index is 0.0129. The van der Waals surface area contributed by atoms with Gasteiger partial charge in [-0.1, -0.05) is 18.2 Å². The van der Waals surface area contributed by atoms with E-state index < -0.39 is 9.84 Å². The van der Waals surface area contributed by atoms with E-state index in [-0.39, 0.29) is 30.5 Å². The van der Waals surface area contributed by atoms with Crippen molar-refractivity contribution in [1.82, 2.24) is 14.9 Å². The number of carbonyl (C=O) groups is 1. The minimum Gasteiger partial charge on any atom is -0.337 e. The number of amides is 1. The molecule has 0 spiro atoms. The molecule has 0 atom stereocenters. The van der Waals surface area contributed by atoms with Gasteiger partial charge in [0.2, 0.25) is 0 Å². The van der Waals surface area contributed by atoms with E-state index in [1.54, 1.807) is 23.4 Å². The summed E-state index contributed by atoms with van der Waals surface area (Å²) >= 11 is 0. The minimum atomic E-state index is -3.04. The smallest absolute Gasteiger partial charge is 0.254 e. The molecule has 1 aromatic carbocycles. The summed E-state index contributed by atoms with van der Waals surface area (Å²) in [7, 11) is -3.04. The molecule has 4 rings (SSSR count). The summed E-state index contributed by atoms with van der Waals surface area (Å²) in [5.74, 6) is -0.133. The SMILES string of the molecule is O=C(c1cc(-c2ccncc2)nc2ccccc12)N1CCS(=O)(=O)CC1. The van der Waals surface area contributed by atoms with Crippen LogP contribution in [0.5, 0.6) is 0 Å². The van der Waals surface area contributed by atoms with E-state index in [1.807, 2.05) is 36.4 Å². The van der Waals surface area contributed by atoms with Crippen LogP contribution in [-0.2, 0) is 9.84 Å². The Hall–Kier alpha value is -2.80. The molecule has 0 N–H and O–H groups in total. The van der Waals surface area contributed by atoms with Crippen LogP contribution in [0.3, 0.4) is 0 Å². The van der Waals surface area contributed by atoms with Gasteiger partial charge in [0.05, 0.1) is 28.3 Å². The summed E-state index contributed by atoms with van der Waals surface area (Å²) in [6.07, 6.45) is 3.37. The molecule has 0 radical (unpaired) electrons. The lowest BCUT2D eigenvalue weighted by Gasteiger charge is -2.27. The van der Waals surface area contributed by atoms with Crippen molar-refractivity contribution in [3.8, 4) is 11.3 Å². The van der Waals surface area contributed by atoms with E-state index >= 15 is 0 Å². The Morgan fingerprint density at radius 3 is 2.42 bits per heavy atom. The highest BCUT2D eigenvalue weighted by atomic mass is 32.2. The quantitative estimate of drug-likeness (QED) is 0.693. The third kappa shape index (κ3) is 3.17. The first-order valence-electron chi connectivity index (χ1n) is 8.33. The van der Waals surface area contributed by atoms with Crippen LogP contribution >= 0.6 is 0 Å². The summed E-state index contributed by atoms with van der Waals surface area (Å²) in [5, 5.41) is 0.767. The monoisotopic (exact) mass is 367 g/mol. The van der Waals surface area contributed by atoms with Crippen LogP contribution in [0.15, 0.2) is 54.9 Å². The fourth-order valence-electron chi connectivity index (χ4n) is 3.11. The van der Waals surface area contributed by atoms with Crippen molar-refractivity contribution in [2.75, 3.05) is 24.6 Å². The van der Waals surface area contributed by atoms with Gasteiger partial charge in [0.25, 0.3) is 5.91 Å². The zero-order valence-corrected chi connectivity index (χ0v) is 14.8. The maximum atomic E-state index is 13.1. The predicted octanol–water partition coefficient (Wildman–Crippen LogP) is 2.17. The molecule has 26 heavy (non-hydrogen) atoms. The Kier molecular flexibility index (Phi) is 4.16. The number of nitrogens with zero attached hydrogens (tertiary/aromatic N) is 3. The van der Waals surface area contributed by atoms with Gasteiger partial charge in [-0.15, -0.1) is 0 Å². The van der Waals surface area contributed by atoms with E-state index in [2.05, 4.69) is 9.97 Å². The fraction of sp³-hybridized carbons (Fsp3) is 0.211. The summed E-state index contributed by atoms with van der Waals surface area (Å²) in [5.41, 5.74) is 2.84. The van der Waals surface area contributed by atoms with Crippen molar-refractivity contribution in [3.63, 3.8) is 0 Å². The van der Waals surface area contributed by atoms with Crippen LogP contribution < -0.4 is 0 Å². The molecule has 0 aliphatic carbocycles. The van der Waals surface area contributed by atoms with Gasteiger partial charge in [-0.25, -0.2) is 13.4 Å².